The second-order valence-electron chi connectivity index (χ2n) is 6.12. The van der Waals surface area contributed by atoms with Crippen LogP contribution in [0.4, 0.5) is 10.5 Å². The van der Waals surface area contributed by atoms with E-state index in [9.17, 15) is 19.2 Å². The Morgan fingerprint density at radius 1 is 1.07 bits per heavy atom. The highest BCUT2D eigenvalue weighted by molar-refractivity contribution is 8.18. The molecule has 0 saturated carbocycles. The zero-order valence-corrected chi connectivity index (χ0v) is 16.8. The van der Waals surface area contributed by atoms with E-state index >= 15 is 0 Å². The van der Waals surface area contributed by atoms with Crippen LogP contribution < -0.4 is 10.1 Å². The number of imide groups is 1. The average molecular weight is 426 g/mol. The maximum absolute atomic E-state index is 12.5. The van der Waals surface area contributed by atoms with E-state index in [1.807, 2.05) is 6.07 Å². The number of hydrogen-bond donors (Lipinski definition) is 1. The van der Waals surface area contributed by atoms with Gasteiger partial charge in [0.25, 0.3) is 11.1 Å². The zero-order chi connectivity index (χ0) is 21.5. The summed E-state index contributed by atoms with van der Waals surface area (Å²) in [5, 5.41) is 2.14. The third-order valence-electron chi connectivity index (χ3n) is 4.00. The second-order valence-corrected chi connectivity index (χ2v) is 7.11. The van der Waals surface area contributed by atoms with E-state index < -0.39 is 23.0 Å². The van der Waals surface area contributed by atoms with Crippen LogP contribution in [-0.2, 0) is 19.1 Å². The minimum absolute atomic E-state index is 0.209. The van der Waals surface area contributed by atoms with Crippen molar-refractivity contribution in [2.75, 3.05) is 25.6 Å². The van der Waals surface area contributed by atoms with Crippen LogP contribution in [0.2, 0.25) is 0 Å². The van der Waals surface area contributed by atoms with E-state index in [4.69, 9.17) is 4.74 Å². The zero-order valence-electron chi connectivity index (χ0n) is 16.0. The van der Waals surface area contributed by atoms with Crippen molar-refractivity contribution in [2.24, 2.45) is 0 Å². The molecule has 1 aliphatic rings. The molecule has 30 heavy (non-hydrogen) atoms. The smallest absolute Gasteiger partial charge is 0.343 e. The van der Waals surface area contributed by atoms with Crippen molar-refractivity contribution < 1.29 is 28.7 Å². The number of rotatable bonds is 7. The average Bonchev–Trinajstić information content (AvgIpc) is 3.01. The summed E-state index contributed by atoms with van der Waals surface area (Å²) < 4.78 is 9.76. The first-order valence-electron chi connectivity index (χ1n) is 8.86. The molecule has 0 bridgehead atoms. The maximum Gasteiger partial charge on any atom is 0.343 e. The first-order chi connectivity index (χ1) is 14.5. The standard InChI is InChI=1S/C21H18N2O6S/c1-28-19(25)13-29-16-9-7-14(8-10-16)11-17-20(26)23(21(27)30-17)12-18(24)22-15-5-3-2-4-6-15/h2-11H,12-13H2,1H3,(H,22,24). The van der Waals surface area contributed by atoms with E-state index in [0.29, 0.717) is 17.0 Å². The molecule has 0 atom stereocenters. The van der Waals surface area contributed by atoms with Gasteiger partial charge >= 0.3 is 5.97 Å². The van der Waals surface area contributed by atoms with Crippen LogP contribution in [0.5, 0.6) is 5.75 Å². The van der Waals surface area contributed by atoms with Gasteiger partial charge < -0.3 is 14.8 Å². The summed E-state index contributed by atoms with van der Waals surface area (Å²) in [5.41, 5.74) is 1.25. The number of ether oxygens (including phenoxy) is 2. The summed E-state index contributed by atoms with van der Waals surface area (Å²) in [7, 11) is 1.27. The number of hydrogen-bond acceptors (Lipinski definition) is 7. The molecule has 0 aliphatic carbocycles. The molecular formula is C21H18N2O6S. The maximum atomic E-state index is 12.5. The summed E-state index contributed by atoms with van der Waals surface area (Å²) in [4.78, 5) is 49.1. The highest BCUT2D eigenvalue weighted by Gasteiger charge is 2.36. The SMILES string of the molecule is COC(=O)COc1ccc(C=C2SC(=O)N(CC(=O)Nc3ccccc3)C2=O)cc1. The Balaban J connectivity index is 1.61. The van der Waals surface area contributed by atoms with Crippen LogP contribution in [0, 0.1) is 0 Å². The highest BCUT2D eigenvalue weighted by Crippen LogP contribution is 2.32. The van der Waals surface area contributed by atoms with Crippen LogP contribution in [0.15, 0.2) is 59.5 Å². The van der Waals surface area contributed by atoms with E-state index in [1.165, 1.54) is 7.11 Å². The van der Waals surface area contributed by atoms with Crippen molar-refractivity contribution >= 4 is 46.5 Å². The Bertz CT molecular complexity index is 988. The van der Waals surface area contributed by atoms with Crippen molar-refractivity contribution in [3.63, 3.8) is 0 Å². The summed E-state index contributed by atoms with van der Waals surface area (Å²) in [6.07, 6.45) is 1.56. The molecule has 1 saturated heterocycles. The van der Waals surface area contributed by atoms with Gasteiger partial charge in [0.05, 0.1) is 12.0 Å². The van der Waals surface area contributed by atoms with E-state index in [0.717, 1.165) is 16.7 Å². The lowest BCUT2D eigenvalue weighted by Crippen LogP contribution is -2.36. The third kappa shape index (κ3) is 5.48. The number of benzene rings is 2. The van der Waals surface area contributed by atoms with Gasteiger partial charge in [-0.25, -0.2) is 4.79 Å². The summed E-state index contributed by atoms with van der Waals surface area (Å²) in [6.45, 7) is -0.572. The minimum Gasteiger partial charge on any atom is -0.482 e. The molecule has 1 aliphatic heterocycles. The number of para-hydroxylation sites is 1. The van der Waals surface area contributed by atoms with Gasteiger partial charge in [-0.1, -0.05) is 30.3 Å². The van der Waals surface area contributed by atoms with Crippen molar-refractivity contribution in [1.29, 1.82) is 0 Å². The number of nitrogens with zero attached hydrogens (tertiary/aromatic N) is 1. The van der Waals surface area contributed by atoms with Gasteiger partial charge in [0.15, 0.2) is 6.61 Å². The number of carbonyl (C=O) groups is 4. The Morgan fingerprint density at radius 2 is 1.77 bits per heavy atom. The van der Waals surface area contributed by atoms with Gasteiger partial charge in [-0.15, -0.1) is 0 Å². The Hall–Kier alpha value is -3.59. The third-order valence-corrected chi connectivity index (χ3v) is 4.90. The number of methoxy groups -OCH3 is 1. The number of thioether (sulfide) groups is 1. The fourth-order valence-corrected chi connectivity index (χ4v) is 3.35. The molecule has 0 aromatic heterocycles. The van der Waals surface area contributed by atoms with E-state index in [-0.39, 0.29) is 18.1 Å². The van der Waals surface area contributed by atoms with Gasteiger partial charge in [-0.05, 0) is 47.7 Å². The number of nitrogens with one attached hydrogen (secondary N) is 1. The predicted molar refractivity (Wildman–Crippen MR) is 112 cm³/mol. The summed E-state index contributed by atoms with van der Waals surface area (Å²) in [5.74, 6) is -1.02. The van der Waals surface area contributed by atoms with Crippen molar-refractivity contribution in [2.45, 2.75) is 0 Å². The molecule has 3 rings (SSSR count). The molecule has 3 amide bonds. The van der Waals surface area contributed by atoms with E-state index in [2.05, 4.69) is 10.1 Å². The molecule has 2 aromatic carbocycles. The molecule has 154 valence electrons. The monoisotopic (exact) mass is 426 g/mol. The minimum atomic E-state index is -0.528. The topological polar surface area (TPSA) is 102 Å². The molecule has 0 unspecified atom stereocenters. The number of esters is 1. The van der Waals surface area contributed by atoms with Crippen LogP contribution in [0.25, 0.3) is 6.08 Å². The van der Waals surface area contributed by atoms with Gasteiger partial charge in [-0.2, -0.15) is 0 Å². The van der Waals surface area contributed by atoms with Crippen LogP contribution in [0.3, 0.4) is 0 Å². The van der Waals surface area contributed by atoms with Gasteiger partial charge in [0.2, 0.25) is 5.91 Å². The van der Waals surface area contributed by atoms with Crippen LogP contribution >= 0.6 is 11.8 Å². The molecule has 8 nitrogen and oxygen atoms in total. The Kier molecular flexibility index (Phi) is 6.87. The van der Waals surface area contributed by atoms with Crippen molar-refractivity contribution in [3.8, 4) is 5.75 Å². The molecule has 1 fully saturated rings. The highest BCUT2D eigenvalue weighted by atomic mass is 32.2. The lowest BCUT2D eigenvalue weighted by Gasteiger charge is -2.12. The van der Waals surface area contributed by atoms with Crippen LogP contribution in [-0.4, -0.2) is 48.2 Å². The Labute approximate surface area is 176 Å². The molecule has 0 radical (unpaired) electrons. The molecule has 1 heterocycles. The van der Waals surface area contributed by atoms with Gasteiger partial charge in [0.1, 0.15) is 12.3 Å². The van der Waals surface area contributed by atoms with Crippen molar-refractivity contribution in [1.82, 2.24) is 4.90 Å². The fourth-order valence-electron chi connectivity index (χ4n) is 2.51. The fraction of sp³-hybridized carbons (Fsp3) is 0.143. The predicted octanol–water partition coefficient (Wildman–Crippen LogP) is 2.91. The largest absolute Gasteiger partial charge is 0.482 e. The van der Waals surface area contributed by atoms with Gasteiger partial charge in [-0.3, -0.25) is 19.3 Å². The molecule has 9 heteroatoms. The van der Waals surface area contributed by atoms with Gasteiger partial charge in [0, 0.05) is 5.69 Å². The normalized spacial score (nSPS) is 14.7. The summed E-state index contributed by atoms with van der Waals surface area (Å²) in [6, 6.07) is 15.4. The first-order valence-corrected chi connectivity index (χ1v) is 9.68. The van der Waals surface area contributed by atoms with E-state index in [1.54, 1.807) is 54.6 Å². The molecule has 1 N–H and O–H groups in total. The lowest BCUT2D eigenvalue weighted by molar-refractivity contribution is -0.142. The number of carbonyl (C=O) groups excluding carboxylic acids is 4. The first kappa shape index (κ1) is 21.1. The summed E-state index contributed by atoms with van der Waals surface area (Å²) >= 11 is 0.772. The number of amides is 3. The lowest BCUT2D eigenvalue weighted by atomic mass is 10.2. The number of anilines is 1. The molecular weight excluding hydrogens is 408 g/mol. The van der Waals surface area contributed by atoms with Crippen LogP contribution in [0.1, 0.15) is 5.56 Å². The molecule has 2 aromatic rings. The van der Waals surface area contributed by atoms with Crippen molar-refractivity contribution in [3.05, 3.63) is 65.1 Å². The quantitative estimate of drug-likeness (QED) is 0.536. The molecule has 0 spiro atoms. The Morgan fingerprint density at radius 3 is 2.43 bits per heavy atom. The second kappa shape index (κ2) is 9.75.